The van der Waals surface area contributed by atoms with Crippen LogP contribution in [0.4, 0.5) is 5.69 Å². The smallest absolute Gasteiger partial charge is 0.272 e. The molecule has 0 aliphatic rings. The second-order valence-electron chi connectivity index (χ2n) is 6.24. The van der Waals surface area contributed by atoms with Gasteiger partial charge in [0.1, 0.15) is 5.69 Å². The van der Waals surface area contributed by atoms with E-state index in [1.165, 1.54) is 4.90 Å². The first-order chi connectivity index (χ1) is 12.5. The third-order valence-corrected chi connectivity index (χ3v) is 4.03. The van der Waals surface area contributed by atoms with Crippen molar-refractivity contribution in [2.75, 3.05) is 19.4 Å². The Hall–Kier alpha value is -3.34. The summed E-state index contributed by atoms with van der Waals surface area (Å²) < 4.78 is 1.90. The molecule has 0 fully saturated rings. The van der Waals surface area contributed by atoms with Gasteiger partial charge < -0.3 is 14.8 Å². The fraction of sp³-hybridized carbons (Fsp3) is 0.143. The van der Waals surface area contributed by atoms with Gasteiger partial charge in [0.15, 0.2) is 0 Å². The summed E-state index contributed by atoms with van der Waals surface area (Å²) in [5.74, 6) is -0.311. The van der Waals surface area contributed by atoms with E-state index in [1.54, 1.807) is 44.4 Å². The van der Waals surface area contributed by atoms with Crippen molar-refractivity contribution in [1.82, 2.24) is 9.47 Å². The number of carbonyl (C=O) groups is 2. The van der Waals surface area contributed by atoms with Gasteiger partial charge in [0.2, 0.25) is 0 Å². The molecule has 26 heavy (non-hydrogen) atoms. The fourth-order valence-corrected chi connectivity index (χ4v) is 2.72. The molecule has 5 heteroatoms. The first-order valence-corrected chi connectivity index (χ1v) is 8.37. The van der Waals surface area contributed by atoms with E-state index < -0.39 is 0 Å². The number of nitrogens with one attached hydrogen (secondary N) is 1. The third-order valence-electron chi connectivity index (χ3n) is 4.03. The average molecular weight is 347 g/mol. The van der Waals surface area contributed by atoms with Crippen LogP contribution < -0.4 is 5.32 Å². The Morgan fingerprint density at radius 2 is 1.73 bits per heavy atom. The molecule has 1 heterocycles. The number of hydrogen-bond donors (Lipinski definition) is 1. The Kier molecular flexibility index (Phi) is 5.17. The molecule has 0 saturated carbocycles. The van der Waals surface area contributed by atoms with E-state index in [4.69, 9.17) is 0 Å². The molecule has 0 saturated heterocycles. The molecule has 3 rings (SSSR count). The predicted octanol–water partition coefficient (Wildman–Crippen LogP) is 3.49. The second-order valence-corrected chi connectivity index (χ2v) is 6.24. The summed E-state index contributed by atoms with van der Waals surface area (Å²) in [4.78, 5) is 26.3. The maximum Gasteiger partial charge on any atom is 0.272 e. The van der Waals surface area contributed by atoms with Gasteiger partial charge in [-0.1, -0.05) is 36.4 Å². The Morgan fingerprint density at radius 3 is 2.46 bits per heavy atom. The molecule has 1 aromatic heterocycles. The second kappa shape index (κ2) is 7.70. The molecule has 5 nitrogen and oxygen atoms in total. The number of hydrogen-bond acceptors (Lipinski definition) is 2. The zero-order chi connectivity index (χ0) is 18.5. The fourth-order valence-electron chi connectivity index (χ4n) is 2.72. The predicted molar refractivity (Wildman–Crippen MR) is 102 cm³/mol. The Bertz CT molecular complexity index is 914. The van der Waals surface area contributed by atoms with Gasteiger partial charge in [-0.15, -0.1) is 0 Å². The molecule has 2 amide bonds. The van der Waals surface area contributed by atoms with E-state index in [-0.39, 0.29) is 11.8 Å². The highest BCUT2D eigenvalue weighted by molar-refractivity contribution is 6.04. The Labute approximate surface area is 152 Å². The van der Waals surface area contributed by atoms with Crippen molar-refractivity contribution in [2.45, 2.75) is 6.54 Å². The SMILES string of the molecule is CN(C)C(=O)c1cccc(NC(=O)c2cccn2Cc2ccccc2)c1. The molecular formula is C21H21N3O2. The summed E-state index contributed by atoms with van der Waals surface area (Å²) in [6.07, 6.45) is 1.88. The van der Waals surface area contributed by atoms with E-state index in [1.807, 2.05) is 47.2 Å². The highest BCUT2D eigenvalue weighted by atomic mass is 16.2. The van der Waals surface area contributed by atoms with E-state index in [2.05, 4.69) is 5.32 Å². The molecule has 0 bridgehead atoms. The molecule has 0 spiro atoms. The van der Waals surface area contributed by atoms with E-state index >= 15 is 0 Å². The number of aromatic nitrogens is 1. The topological polar surface area (TPSA) is 54.3 Å². The molecule has 0 atom stereocenters. The lowest BCUT2D eigenvalue weighted by Gasteiger charge is -2.13. The lowest BCUT2D eigenvalue weighted by molar-refractivity contribution is 0.0827. The van der Waals surface area contributed by atoms with Crippen LogP contribution in [0.1, 0.15) is 26.4 Å². The average Bonchev–Trinajstić information content (AvgIpc) is 3.10. The van der Waals surface area contributed by atoms with Crippen LogP contribution >= 0.6 is 0 Å². The molecule has 0 aliphatic heterocycles. The first-order valence-electron chi connectivity index (χ1n) is 8.37. The summed E-state index contributed by atoms with van der Waals surface area (Å²) in [6, 6.07) is 20.6. The maximum atomic E-state index is 12.7. The minimum Gasteiger partial charge on any atom is -0.345 e. The normalized spacial score (nSPS) is 10.4. The highest BCUT2D eigenvalue weighted by Crippen LogP contribution is 2.15. The number of rotatable bonds is 5. The zero-order valence-electron chi connectivity index (χ0n) is 14.8. The molecule has 0 radical (unpaired) electrons. The standard InChI is InChI=1S/C21H21N3O2/c1-23(2)21(26)17-10-6-11-18(14-17)22-20(25)19-12-7-13-24(19)15-16-8-4-3-5-9-16/h3-14H,15H2,1-2H3,(H,22,25). The zero-order valence-corrected chi connectivity index (χ0v) is 14.8. The van der Waals surface area contributed by atoms with Gasteiger partial charge >= 0.3 is 0 Å². The van der Waals surface area contributed by atoms with Crippen LogP contribution in [0.3, 0.4) is 0 Å². The minimum atomic E-state index is -0.208. The van der Waals surface area contributed by atoms with Crippen LogP contribution in [0.15, 0.2) is 72.9 Å². The quantitative estimate of drug-likeness (QED) is 0.768. The van der Waals surface area contributed by atoms with Crippen molar-refractivity contribution in [2.24, 2.45) is 0 Å². The molecule has 0 aliphatic carbocycles. The largest absolute Gasteiger partial charge is 0.345 e. The van der Waals surface area contributed by atoms with Gasteiger partial charge in [0, 0.05) is 38.1 Å². The summed E-state index contributed by atoms with van der Waals surface area (Å²) in [7, 11) is 3.40. The van der Waals surface area contributed by atoms with E-state index in [0.29, 0.717) is 23.5 Å². The van der Waals surface area contributed by atoms with Crippen molar-refractivity contribution in [3.8, 4) is 0 Å². The molecule has 132 valence electrons. The minimum absolute atomic E-state index is 0.103. The summed E-state index contributed by atoms with van der Waals surface area (Å²) in [5.41, 5.74) is 2.82. The van der Waals surface area contributed by atoms with Crippen LogP contribution in [0.2, 0.25) is 0 Å². The number of carbonyl (C=O) groups excluding carboxylic acids is 2. The molecule has 0 unspecified atom stereocenters. The van der Waals surface area contributed by atoms with Crippen LogP contribution in [-0.2, 0) is 6.54 Å². The third kappa shape index (κ3) is 4.00. The van der Waals surface area contributed by atoms with Crippen molar-refractivity contribution < 1.29 is 9.59 Å². The van der Waals surface area contributed by atoms with Crippen molar-refractivity contribution in [3.05, 3.63) is 89.7 Å². The van der Waals surface area contributed by atoms with Crippen molar-refractivity contribution >= 4 is 17.5 Å². The van der Waals surface area contributed by atoms with Gasteiger partial charge in [-0.2, -0.15) is 0 Å². The summed E-state index contributed by atoms with van der Waals surface area (Å²) in [5, 5.41) is 2.87. The van der Waals surface area contributed by atoms with Crippen molar-refractivity contribution in [3.63, 3.8) is 0 Å². The molecule has 2 aromatic carbocycles. The maximum absolute atomic E-state index is 12.7. The first kappa shape index (κ1) is 17.5. The number of amides is 2. The van der Waals surface area contributed by atoms with Gasteiger partial charge in [-0.05, 0) is 35.9 Å². The van der Waals surface area contributed by atoms with Crippen LogP contribution in [0.5, 0.6) is 0 Å². The number of anilines is 1. The molecular weight excluding hydrogens is 326 g/mol. The summed E-state index contributed by atoms with van der Waals surface area (Å²) >= 11 is 0. The van der Waals surface area contributed by atoms with E-state index in [9.17, 15) is 9.59 Å². The monoisotopic (exact) mass is 347 g/mol. The van der Waals surface area contributed by atoms with Crippen molar-refractivity contribution in [1.29, 1.82) is 0 Å². The number of nitrogens with zero attached hydrogens (tertiary/aromatic N) is 2. The molecule has 1 N–H and O–H groups in total. The van der Waals surface area contributed by atoms with Gasteiger partial charge in [0.05, 0.1) is 0 Å². The molecule has 3 aromatic rings. The highest BCUT2D eigenvalue weighted by Gasteiger charge is 2.13. The lowest BCUT2D eigenvalue weighted by Crippen LogP contribution is -2.22. The van der Waals surface area contributed by atoms with Crippen LogP contribution in [0.25, 0.3) is 0 Å². The summed E-state index contributed by atoms with van der Waals surface area (Å²) in [6.45, 7) is 0.621. The number of benzene rings is 2. The van der Waals surface area contributed by atoms with Gasteiger partial charge in [-0.25, -0.2) is 0 Å². The van der Waals surface area contributed by atoms with Gasteiger partial charge in [0.25, 0.3) is 11.8 Å². The van der Waals surface area contributed by atoms with Gasteiger partial charge in [-0.3, -0.25) is 9.59 Å². The Balaban J connectivity index is 1.76. The van der Waals surface area contributed by atoms with E-state index in [0.717, 1.165) is 5.56 Å². The van der Waals surface area contributed by atoms with Crippen LogP contribution in [-0.4, -0.2) is 35.4 Å². The Morgan fingerprint density at radius 1 is 0.962 bits per heavy atom. The van der Waals surface area contributed by atoms with Crippen LogP contribution in [0, 0.1) is 0 Å². The lowest BCUT2D eigenvalue weighted by atomic mass is 10.1.